The topological polar surface area (TPSA) is 140 Å². The molecule has 28 heavy (non-hydrogen) atoms. The Morgan fingerprint density at radius 2 is 2.25 bits per heavy atom. The van der Waals surface area contributed by atoms with Crippen molar-refractivity contribution in [2.45, 2.75) is 13.5 Å². The minimum atomic E-state index is -0.581. The molecule has 0 unspecified atom stereocenters. The molecule has 0 bridgehead atoms. The molecule has 10 nitrogen and oxygen atoms in total. The third kappa shape index (κ3) is 5.58. The van der Waals surface area contributed by atoms with E-state index in [1.807, 2.05) is 6.07 Å². The van der Waals surface area contributed by atoms with Crippen LogP contribution in [0.3, 0.4) is 0 Å². The summed E-state index contributed by atoms with van der Waals surface area (Å²) in [6, 6.07) is 9.48. The van der Waals surface area contributed by atoms with Crippen molar-refractivity contribution in [2.75, 3.05) is 13.7 Å². The monoisotopic (exact) mass is 383 g/mol. The first-order valence-corrected chi connectivity index (χ1v) is 8.03. The molecule has 0 aliphatic heterocycles. The van der Waals surface area contributed by atoms with Crippen LogP contribution in [0.4, 0.5) is 5.69 Å². The van der Waals surface area contributed by atoms with E-state index in [4.69, 9.17) is 9.47 Å². The van der Waals surface area contributed by atoms with E-state index < -0.39 is 17.4 Å². The Labute approximate surface area is 160 Å². The SMILES string of the molecule is COCc1cc(C)nc(OCC(=O)N/N=C\c2cccc([N+](=O)[O-])c2)c1C#N. The number of aryl methyl sites for hydroxylation is 1. The van der Waals surface area contributed by atoms with Crippen molar-refractivity contribution < 1.29 is 19.2 Å². The first-order chi connectivity index (χ1) is 13.4. The van der Waals surface area contributed by atoms with Crippen molar-refractivity contribution in [2.24, 2.45) is 5.10 Å². The maximum Gasteiger partial charge on any atom is 0.278 e. The average molecular weight is 383 g/mol. The zero-order valence-electron chi connectivity index (χ0n) is 15.2. The van der Waals surface area contributed by atoms with Gasteiger partial charge in [-0.3, -0.25) is 14.9 Å². The van der Waals surface area contributed by atoms with E-state index in [9.17, 15) is 20.2 Å². The van der Waals surface area contributed by atoms with Gasteiger partial charge in [0.25, 0.3) is 11.6 Å². The number of ether oxygens (including phenoxy) is 2. The number of benzene rings is 1. The second-order valence-electron chi connectivity index (χ2n) is 5.58. The fourth-order valence-corrected chi connectivity index (χ4v) is 2.27. The number of non-ortho nitro benzene ring substituents is 1. The molecule has 0 spiro atoms. The number of nitrogens with one attached hydrogen (secondary N) is 1. The second kappa shape index (κ2) is 9.75. The summed E-state index contributed by atoms with van der Waals surface area (Å²) in [5.74, 6) is -0.547. The van der Waals surface area contributed by atoms with Crippen molar-refractivity contribution in [1.82, 2.24) is 10.4 Å². The number of nitriles is 1. The fraction of sp³-hybridized carbons (Fsp3) is 0.222. The number of hydrogen-bond acceptors (Lipinski definition) is 8. The molecular formula is C18H17N5O5. The predicted octanol–water partition coefficient (Wildman–Crippen LogP) is 1.85. The molecule has 1 heterocycles. The number of rotatable bonds is 8. The van der Waals surface area contributed by atoms with Gasteiger partial charge in [0.1, 0.15) is 11.6 Å². The summed E-state index contributed by atoms with van der Waals surface area (Å²) in [5.41, 5.74) is 4.03. The smallest absolute Gasteiger partial charge is 0.278 e. The highest BCUT2D eigenvalue weighted by atomic mass is 16.6. The van der Waals surface area contributed by atoms with E-state index in [-0.39, 0.29) is 23.7 Å². The number of carbonyl (C=O) groups excluding carboxylic acids is 1. The zero-order chi connectivity index (χ0) is 20.5. The number of hydrogen-bond donors (Lipinski definition) is 1. The van der Waals surface area contributed by atoms with E-state index in [2.05, 4.69) is 15.5 Å². The Bertz CT molecular complexity index is 952. The van der Waals surface area contributed by atoms with Crippen LogP contribution in [0.15, 0.2) is 35.4 Å². The van der Waals surface area contributed by atoms with Gasteiger partial charge in [-0.25, -0.2) is 10.4 Å². The number of nitrogens with zero attached hydrogens (tertiary/aromatic N) is 4. The number of nitro benzene ring substituents is 1. The summed E-state index contributed by atoms with van der Waals surface area (Å²) in [4.78, 5) is 26.2. The maximum absolute atomic E-state index is 11.9. The molecule has 0 aliphatic rings. The lowest BCUT2D eigenvalue weighted by Crippen LogP contribution is -2.25. The number of carbonyl (C=O) groups is 1. The van der Waals surface area contributed by atoms with Crippen LogP contribution < -0.4 is 10.2 Å². The van der Waals surface area contributed by atoms with Crippen LogP contribution in [0.5, 0.6) is 5.88 Å². The summed E-state index contributed by atoms with van der Waals surface area (Å²) >= 11 is 0. The third-order valence-corrected chi connectivity index (χ3v) is 3.43. The van der Waals surface area contributed by atoms with Crippen molar-refractivity contribution in [3.05, 3.63) is 62.8 Å². The number of amides is 1. The highest BCUT2D eigenvalue weighted by molar-refractivity contribution is 5.83. The highest BCUT2D eigenvalue weighted by Crippen LogP contribution is 2.21. The first kappa shape index (κ1) is 20.5. The van der Waals surface area contributed by atoms with Gasteiger partial charge in [-0.2, -0.15) is 10.4 Å². The van der Waals surface area contributed by atoms with Gasteiger partial charge in [0, 0.05) is 36.1 Å². The van der Waals surface area contributed by atoms with Gasteiger partial charge < -0.3 is 9.47 Å². The molecule has 1 N–H and O–H groups in total. The largest absolute Gasteiger partial charge is 0.467 e. The van der Waals surface area contributed by atoms with Gasteiger partial charge in [0.2, 0.25) is 5.88 Å². The number of hydrazone groups is 1. The fourth-order valence-electron chi connectivity index (χ4n) is 2.27. The molecule has 0 radical (unpaired) electrons. The van der Waals surface area contributed by atoms with Crippen LogP contribution in [0.25, 0.3) is 0 Å². The molecule has 1 aromatic carbocycles. The minimum absolute atomic E-state index is 0.0346. The first-order valence-electron chi connectivity index (χ1n) is 8.03. The molecule has 2 aromatic rings. The zero-order valence-corrected chi connectivity index (χ0v) is 15.2. The standard InChI is InChI=1S/C18H17N5O5/c1-12-6-14(10-27-2)16(8-19)18(21-12)28-11-17(24)22-20-9-13-4-3-5-15(7-13)23(25)26/h3-7,9H,10-11H2,1-2H3,(H,22,24)/b20-9-. The van der Waals surface area contributed by atoms with Crippen molar-refractivity contribution in [3.63, 3.8) is 0 Å². The molecule has 0 aliphatic carbocycles. The molecule has 2 rings (SSSR count). The summed E-state index contributed by atoms with van der Waals surface area (Å²) < 4.78 is 10.4. The molecule has 1 amide bonds. The lowest BCUT2D eigenvalue weighted by atomic mass is 10.1. The van der Waals surface area contributed by atoms with Crippen molar-refractivity contribution in [1.29, 1.82) is 5.26 Å². The maximum atomic E-state index is 11.9. The van der Waals surface area contributed by atoms with Gasteiger partial charge in [0.05, 0.1) is 17.7 Å². The number of methoxy groups -OCH3 is 1. The van der Waals surface area contributed by atoms with Crippen LogP contribution >= 0.6 is 0 Å². The predicted molar refractivity (Wildman–Crippen MR) is 98.7 cm³/mol. The summed E-state index contributed by atoms with van der Waals surface area (Å²) in [6.45, 7) is 1.53. The lowest BCUT2D eigenvalue weighted by molar-refractivity contribution is -0.384. The van der Waals surface area contributed by atoms with Crippen LogP contribution in [0, 0.1) is 28.4 Å². The molecule has 144 valence electrons. The van der Waals surface area contributed by atoms with Crippen LogP contribution in [0.1, 0.15) is 22.4 Å². The van der Waals surface area contributed by atoms with Gasteiger partial charge >= 0.3 is 0 Å². The minimum Gasteiger partial charge on any atom is -0.467 e. The Balaban J connectivity index is 1.99. The van der Waals surface area contributed by atoms with Gasteiger partial charge in [-0.15, -0.1) is 0 Å². The Kier molecular flexibility index (Phi) is 7.13. The van der Waals surface area contributed by atoms with E-state index in [0.717, 1.165) is 0 Å². The molecule has 0 atom stereocenters. The Hall–Kier alpha value is -3.84. The van der Waals surface area contributed by atoms with E-state index in [1.54, 1.807) is 19.1 Å². The van der Waals surface area contributed by atoms with E-state index >= 15 is 0 Å². The number of pyridine rings is 1. The molecule has 10 heteroatoms. The van der Waals surface area contributed by atoms with Gasteiger partial charge in [0.15, 0.2) is 6.61 Å². The normalized spacial score (nSPS) is 10.5. The van der Waals surface area contributed by atoms with Crippen molar-refractivity contribution in [3.8, 4) is 11.9 Å². The second-order valence-corrected chi connectivity index (χ2v) is 5.58. The quantitative estimate of drug-likeness (QED) is 0.417. The van der Waals surface area contributed by atoms with Gasteiger partial charge in [-0.1, -0.05) is 12.1 Å². The molecule has 1 aromatic heterocycles. The summed E-state index contributed by atoms with van der Waals surface area (Å²) in [7, 11) is 1.50. The van der Waals surface area contributed by atoms with E-state index in [0.29, 0.717) is 16.8 Å². The molecular weight excluding hydrogens is 366 g/mol. The average Bonchev–Trinajstić information content (AvgIpc) is 2.66. The number of aromatic nitrogens is 1. The number of nitro groups is 1. The summed E-state index contributed by atoms with van der Waals surface area (Å²) in [6.07, 6.45) is 1.27. The van der Waals surface area contributed by atoms with Gasteiger partial charge in [-0.05, 0) is 13.0 Å². The summed E-state index contributed by atoms with van der Waals surface area (Å²) in [5, 5.41) is 23.8. The van der Waals surface area contributed by atoms with Crippen LogP contribution in [0.2, 0.25) is 0 Å². The highest BCUT2D eigenvalue weighted by Gasteiger charge is 2.14. The molecule has 0 saturated heterocycles. The Morgan fingerprint density at radius 1 is 1.46 bits per heavy atom. The lowest BCUT2D eigenvalue weighted by Gasteiger charge is -2.10. The molecule has 0 fully saturated rings. The molecule has 0 saturated carbocycles. The third-order valence-electron chi connectivity index (χ3n) is 3.43. The Morgan fingerprint density at radius 3 is 2.93 bits per heavy atom. The van der Waals surface area contributed by atoms with Crippen LogP contribution in [-0.2, 0) is 16.1 Å². The van der Waals surface area contributed by atoms with Crippen molar-refractivity contribution >= 4 is 17.8 Å². The van der Waals surface area contributed by atoms with Crippen LogP contribution in [-0.4, -0.2) is 35.7 Å². The van der Waals surface area contributed by atoms with E-state index in [1.165, 1.54) is 31.5 Å².